The van der Waals surface area contributed by atoms with E-state index < -0.39 is 35.1 Å². The predicted molar refractivity (Wildman–Crippen MR) is 250 cm³/mol. The Hall–Kier alpha value is -10.1. The maximum atomic E-state index is 14.7. The minimum atomic E-state index is -1.66. The maximum Gasteiger partial charge on any atom is 0.377 e. The van der Waals surface area contributed by atoms with E-state index >= 15 is 0 Å². The van der Waals surface area contributed by atoms with Gasteiger partial charge in [-0.1, -0.05) is 33.0 Å². The van der Waals surface area contributed by atoms with Gasteiger partial charge in [-0.05, 0) is 24.3 Å². The molecule has 73 heavy (non-hydrogen) atoms. The molecule has 4 N–H and O–H groups in total. The van der Waals surface area contributed by atoms with E-state index in [4.69, 9.17) is 5.11 Å². The number of aromatic amines is 2. The van der Waals surface area contributed by atoms with Gasteiger partial charge in [0.25, 0.3) is 17.5 Å². The second kappa shape index (κ2) is 20.5. The number of amides is 1. The third kappa shape index (κ3) is 9.39. The van der Waals surface area contributed by atoms with Crippen molar-refractivity contribution in [3.63, 3.8) is 0 Å². The van der Waals surface area contributed by atoms with Crippen molar-refractivity contribution in [1.29, 1.82) is 0 Å². The molecule has 29 heteroatoms. The summed E-state index contributed by atoms with van der Waals surface area (Å²) in [6, 6.07) is 11.3. The molecule has 12 rings (SSSR count). The van der Waals surface area contributed by atoms with Crippen LogP contribution in [0, 0.1) is 11.6 Å². The zero-order chi connectivity index (χ0) is 50.4. The lowest BCUT2D eigenvalue weighted by Crippen LogP contribution is -2.51. The van der Waals surface area contributed by atoms with E-state index in [1.165, 1.54) is 39.1 Å². The molecule has 1 amide bonds. The number of carbonyl (C=O) groups is 4. The van der Waals surface area contributed by atoms with E-state index in [1.54, 1.807) is 40.3 Å². The van der Waals surface area contributed by atoms with Gasteiger partial charge in [0.05, 0.1) is 82.5 Å². The van der Waals surface area contributed by atoms with Gasteiger partial charge in [0.15, 0.2) is 46.5 Å². The zero-order valence-electron chi connectivity index (χ0n) is 37.9. The number of pyridine rings is 4. The number of carbonyl (C=O) groups excluding carboxylic acids is 3. The molecule has 0 unspecified atom stereocenters. The molecular formula is C44H38F2N22O5. The van der Waals surface area contributed by atoms with Gasteiger partial charge in [0.2, 0.25) is 0 Å². The number of H-pyrrole nitrogens is 2. The number of carboxylic acid groups (broad SMARTS) is 1. The van der Waals surface area contributed by atoms with Gasteiger partial charge in [-0.25, -0.2) is 42.9 Å². The van der Waals surface area contributed by atoms with Crippen LogP contribution in [-0.4, -0.2) is 176 Å². The molecule has 27 nitrogen and oxygen atoms in total. The van der Waals surface area contributed by atoms with Crippen LogP contribution in [0.15, 0.2) is 111 Å². The molecule has 2 aliphatic rings. The van der Waals surface area contributed by atoms with Crippen molar-refractivity contribution in [2.24, 2.45) is 0 Å². The van der Waals surface area contributed by atoms with E-state index in [0.29, 0.717) is 32.0 Å². The van der Waals surface area contributed by atoms with Crippen molar-refractivity contribution in [3.8, 4) is 23.3 Å². The van der Waals surface area contributed by atoms with E-state index in [-0.39, 0.29) is 44.6 Å². The fourth-order valence-corrected chi connectivity index (χ4v) is 8.12. The summed E-state index contributed by atoms with van der Waals surface area (Å²) in [7, 11) is 0. The highest BCUT2D eigenvalue weighted by molar-refractivity contribution is 6.45. The van der Waals surface area contributed by atoms with Gasteiger partial charge in [-0.15, -0.1) is 20.4 Å². The van der Waals surface area contributed by atoms with Crippen LogP contribution < -0.4 is 15.1 Å². The second-order valence-corrected chi connectivity index (χ2v) is 15.8. The number of anilines is 2. The summed E-state index contributed by atoms with van der Waals surface area (Å²) < 4.78 is 34.6. The lowest BCUT2D eigenvalue weighted by Gasteiger charge is -2.35. The van der Waals surface area contributed by atoms with Crippen LogP contribution >= 0.6 is 0 Å². The Morgan fingerprint density at radius 3 is 1.49 bits per heavy atom. The molecule has 368 valence electrons. The lowest BCUT2D eigenvalue weighted by atomic mass is 10.1. The molecule has 0 saturated carbocycles. The summed E-state index contributed by atoms with van der Waals surface area (Å²) in [5, 5.41) is 43.0. The Balaban J connectivity index is 0.000000139. The zero-order valence-corrected chi connectivity index (χ0v) is 37.9. The molecule has 2 saturated heterocycles. The van der Waals surface area contributed by atoms with Crippen molar-refractivity contribution in [1.82, 2.24) is 100 Å². The van der Waals surface area contributed by atoms with Crippen LogP contribution in [0.4, 0.5) is 20.4 Å². The summed E-state index contributed by atoms with van der Waals surface area (Å²) >= 11 is 0. The fourth-order valence-electron chi connectivity index (χ4n) is 8.12. The van der Waals surface area contributed by atoms with E-state index in [9.17, 15) is 28.0 Å². The standard InChI is InChI=1S/C22H18FN11O2.C11H6FN5O3.C11H14N6/c23-15-12-26-21(33-6-5-27-29-33)19-18(15)14(11-25-19)20(35)22(36)32-9-7-31(8-10-32)17-13-28-30-34(17)16-3-1-2-4-24-16;12-6-4-14-10(17-2-1-15-16-17)8-7(6)5(3-13-8)9(18)11(19)20;1-2-4-13-10(3-1)17-11(9-14-15-17)16-7-5-12-6-8-16/h1-6,11-13,25H,7-10H2;1-4,13H,(H,19,20);1-4,9,12H,5-8H2. The van der Waals surface area contributed by atoms with Crippen molar-refractivity contribution < 1.29 is 33.1 Å². The third-order valence-corrected chi connectivity index (χ3v) is 11.6. The molecule has 2 fully saturated rings. The number of fused-ring (bicyclic) bond motifs is 2. The van der Waals surface area contributed by atoms with Crippen LogP contribution in [-0.2, 0) is 9.59 Å². The number of piperazine rings is 2. The van der Waals surface area contributed by atoms with Gasteiger partial charge in [0, 0.05) is 77.1 Å². The van der Waals surface area contributed by atoms with Crippen molar-refractivity contribution in [2.75, 3.05) is 62.2 Å². The minimum Gasteiger partial charge on any atom is -0.475 e. The summed E-state index contributed by atoms with van der Waals surface area (Å²) in [5.74, 6) is -2.24. The normalized spacial score (nSPS) is 13.6. The number of aliphatic carboxylic acids is 1. The number of hydrogen-bond donors (Lipinski definition) is 4. The number of nitrogens with zero attached hydrogens (tertiary/aromatic N) is 19. The number of Topliss-reactive ketones (excluding diaryl/α,β-unsaturated/α-hetero) is 2. The Kier molecular flexibility index (Phi) is 13.1. The first kappa shape index (κ1) is 46.7. The molecule has 0 aromatic carbocycles. The molecule has 0 spiro atoms. The first-order valence-electron chi connectivity index (χ1n) is 22.2. The highest BCUT2D eigenvalue weighted by Crippen LogP contribution is 2.28. The fraction of sp³-hybridized carbons (Fsp3) is 0.182. The number of halogens is 2. The molecule has 10 aromatic rings. The largest absolute Gasteiger partial charge is 0.475 e. The Bertz CT molecular complexity index is 3550. The van der Waals surface area contributed by atoms with Gasteiger partial charge in [0.1, 0.15) is 0 Å². The molecule has 0 radical (unpaired) electrons. The number of carboxylic acids is 1. The van der Waals surface area contributed by atoms with E-state index in [2.05, 4.69) is 81.4 Å². The van der Waals surface area contributed by atoms with Crippen LogP contribution in [0.5, 0.6) is 0 Å². The quantitative estimate of drug-likeness (QED) is 0.111. The Morgan fingerprint density at radius 1 is 0.548 bits per heavy atom. The third-order valence-electron chi connectivity index (χ3n) is 11.6. The second-order valence-electron chi connectivity index (χ2n) is 15.8. The van der Waals surface area contributed by atoms with Crippen molar-refractivity contribution in [3.05, 3.63) is 134 Å². The highest BCUT2D eigenvalue weighted by Gasteiger charge is 2.31. The summed E-state index contributed by atoms with van der Waals surface area (Å²) in [5.41, 5.74) is 0.0849. The molecule has 12 heterocycles. The van der Waals surface area contributed by atoms with E-state index in [1.807, 2.05) is 41.3 Å². The van der Waals surface area contributed by atoms with Gasteiger partial charge in [-0.2, -0.15) is 9.36 Å². The van der Waals surface area contributed by atoms with Crippen LogP contribution in [0.25, 0.3) is 45.1 Å². The average Bonchev–Trinajstić information content (AvgIpc) is 4.30. The Morgan fingerprint density at radius 2 is 1.04 bits per heavy atom. The molecule has 0 atom stereocenters. The van der Waals surface area contributed by atoms with Crippen LogP contribution in [0.3, 0.4) is 0 Å². The smallest absolute Gasteiger partial charge is 0.377 e. The topological polar surface area (TPSA) is 316 Å². The Labute approximate surface area is 408 Å². The number of rotatable bonds is 10. The number of aromatic nitrogens is 18. The first-order chi connectivity index (χ1) is 35.7. The average molecular weight is 993 g/mol. The number of ketones is 2. The predicted octanol–water partition coefficient (Wildman–Crippen LogP) is 1.41. The SMILES string of the molecule is O=C(C(=O)N1CCN(c2cnnn2-c2ccccn2)CC1)c1c[nH]c2c(-n3ccnn3)ncc(F)c12.O=C(O)C(=O)c1c[nH]c2c(-n3ccnn3)ncc(F)c12.c1ccc(-n2nncc2N2CCNCC2)nc1. The summed E-state index contributed by atoms with van der Waals surface area (Å²) in [6.45, 7) is 5.45. The molecular weight excluding hydrogens is 955 g/mol. The molecule has 0 aliphatic carbocycles. The molecule has 0 bridgehead atoms. The van der Waals surface area contributed by atoms with Gasteiger partial charge >= 0.3 is 5.97 Å². The summed E-state index contributed by atoms with van der Waals surface area (Å²) in [4.78, 5) is 76.2. The first-order valence-corrected chi connectivity index (χ1v) is 22.2. The van der Waals surface area contributed by atoms with Gasteiger partial charge < -0.3 is 35.1 Å². The maximum absolute atomic E-state index is 14.7. The van der Waals surface area contributed by atoms with Crippen molar-refractivity contribution in [2.45, 2.75) is 0 Å². The highest BCUT2D eigenvalue weighted by atomic mass is 19.1. The molecule has 10 aromatic heterocycles. The summed E-state index contributed by atoms with van der Waals surface area (Å²) in [6.07, 6.45) is 17.1. The van der Waals surface area contributed by atoms with Crippen molar-refractivity contribution >= 4 is 56.9 Å². The van der Waals surface area contributed by atoms with Crippen LogP contribution in [0.2, 0.25) is 0 Å². The van der Waals surface area contributed by atoms with Gasteiger partial charge in [-0.3, -0.25) is 14.4 Å². The number of hydrogen-bond acceptors (Lipinski definition) is 19. The molecule has 2 aliphatic heterocycles. The lowest BCUT2D eigenvalue weighted by molar-refractivity contribution is -0.131. The van der Waals surface area contributed by atoms with E-state index in [0.717, 1.165) is 62.2 Å². The monoisotopic (exact) mass is 992 g/mol. The van der Waals surface area contributed by atoms with Crippen LogP contribution in [0.1, 0.15) is 20.7 Å². The number of nitrogens with one attached hydrogen (secondary N) is 3. The minimum absolute atomic E-state index is 0.0159.